The van der Waals surface area contributed by atoms with Crippen LogP contribution in [0.5, 0.6) is 5.75 Å². The maximum Gasteiger partial charge on any atom is 0.337 e. The van der Waals surface area contributed by atoms with Crippen LogP contribution in [0.3, 0.4) is 0 Å². The van der Waals surface area contributed by atoms with Gasteiger partial charge in [0, 0.05) is 0 Å². The Hall–Kier alpha value is -2.28. The van der Waals surface area contributed by atoms with Gasteiger partial charge >= 0.3 is 5.97 Å². The molecule has 2 amide bonds. The number of rotatable bonds is 3. The summed E-state index contributed by atoms with van der Waals surface area (Å²) in [5.41, 5.74) is 5.88. The first-order valence-corrected chi connectivity index (χ1v) is 6.56. The molecule has 1 atom stereocenters. The zero-order valence-electron chi connectivity index (χ0n) is 11.2. The molecule has 1 aliphatic heterocycles. The summed E-state index contributed by atoms with van der Waals surface area (Å²) in [6.45, 7) is -0.0224. The summed E-state index contributed by atoms with van der Waals surface area (Å²) in [5, 5.41) is 0. The van der Waals surface area contributed by atoms with Gasteiger partial charge in [-0.3, -0.25) is 9.59 Å². The van der Waals surface area contributed by atoms with Crippen LogP contribution in [0, 0.1) is 0 Å². The first kappa shape index (κ1) is 15.1. The van der Waals surface area contributed by atoms with Crippen molar-refractivity contribution >= 4 is 35.1 Å². The number of hydrogen-bond donors (Lipinski definition) is 1. The molecule has 0 saturated carbocycles. The first-order valence-electron chi connectivity index (χ1n) is 6.02. The van der Waals surface area contributed by atoms with Gasteiger partial charge in [0.2, 0.25) is 5.91 Å². The monoisotopic (exact) mass is 312 g/mol. The average Bonchev–Trinajstić information content (AvgIpc) is 2.51. The minimum atomic E-state index is -1.00. The Morgan fingerprint density at radius 1 is 1.48 bits per heavy atom. The Balaban J connectivity index is 2.45. The third-order valence-electron chi connectivity index (χ3n) is 3.02. The number of amides is 2. The molecular formula is C13H13ClN2O5. The average molecular weight is 313 g/mol. The highest BCUT2D eigenvalue weighted by molar-refractivity contribution is 6.29. The maximum atomic E-state index is 11.9. The van der Waals surface area contributed by atoms with E-state index in [1.807, 2.05) is 0 Å². The fourth-order valence-electron chi connectivity index (χ4n) is 1.99. The Morgan fingerprint density at radius 2 is 2.19 bits per heavy atom. The van der Waals surface area contributed by atoms with Gasteiger partial charge in [0.1, 0.15) is 11.6 Å². The van der Waals surface area contributed by atoms with Gasteiger partial charge in [0.25, 0.3) is 5.91 Å². The van der Waals surface area contributed by atoms with Crippen molar-refractivity contribution in [2.45, 2.75) is 6.10 Å². The van der Waals surface area contributed by atoms with Crippen LogP contribution in [-0.4, -0.2) is 43.4 Å². The summed E-state index contributed by atoms with van der Waals surface area (Å²) in [7, 11) is 1.25. The molecule has 7 nitrogen and oxygen atoms in total. The van der Waals surface area contributed by atoms with Gasteiger partial charge in [0.15, 0.2) is 6.10 Å². The lowest BCUT2D eigenvalue weighted by Gasteiger charge is -2.33. The third kappa shape index (κ3) is 2.92. The van der Waals surface area contributed by atoms with Crippen LogP contribution in [0.15, 0.2) is 18.2 Å². The molecule has 2 rings (SSSR count). The van der Waals surface area contributed by atoms with Crippen molar-refractivity contribution in [2.75, 3.05) is 24.4 Å². The number of halogens is 1. The van der Waals surface area contributed by atoms with E-state index in [4.69, 9.17) is 22.1 Å². The molecule has 0 spiro atoms. The van der Waals surface area contributed by atoms with E-state index < -0.39 is 23.9 Å². The number of nitrogens with zero attached hydrogens (tertiary/aromatic N) is 1. The Kier molecular flexibility index (Phi) is 4.32. The lowest BCUT2D eigenvalue weighted by atomic mass is 10.1. The molecule has 0 aromatic heterocycles. The van der Waals surface area contributed by atoms with E-state index in [2.05, 4.69) is 4.74 Å². The van der Waals surface area contributed by atoms with E-state index in [9.17, 15) is 14.4 Å². The number of benzene rings is 1. The summed E-state index contributed by atoms with van der Waals surface area (Å²) in [4.78, 5) is 36.0. The predicted molar refractivity (Wildman–Crippen MR) is 74.5 cm³/mol. The van der Waals surface area contributed by atoms with E-state index in [0.29, 0.717) is 5.69 Å². The third-order valence-corrected chi connectivity index (χ3v) is 3.25. The summed E-state index contributed by atoms with van der Waals surface area (Å²) in [6, 6.07) is 4.42. The number of anilines is 1. The molecule has 1 aromatic rings. The van der Waals surface area contributed by atoms with Gasteiger partial charge in [-0.25, -0.2) is 4.79 Å². The lowest BCUT2D eigenvalue weighted by Crippen LogP contribution is -2.49. The highest BCUT2D eigenvalue weighted by Gasteiger charge is 2.33. The number of primary amides is 1. The van der Waals surface area contributed by atoms with Gasteiger partial charge in [-0.15, -0.1) is 11.6 Å². The molecule has 8 heteroatoms. The van der Waals surface area contributed by atoms with Crippen molar-refractivity contribution in [1.29, 1.82) is 0 Å². The van der Waals surface area contributed by atoms with Crippen LogP contribution >= 0.6 is 11.6 Å². The molecule has 1 aliphatic rings. The van der Waals surface area contributed by atoms with Crippen LogP contribution in [0.4, 0.5) is 5.69 Å². The number of nitrogens with two attached hydrogens (primary N) is 1. The van der Waals surface area contributed by atoms with Gasteiger partial charge in [0.05, 0.1) is 24.9 Å². The number of alkyl halides is 1. The van der Waals surface area contributed by atoms with Crippen LogP contribution in [0.25, 0.3) is 0 Å². The van der Waals surface area contributed by atoms with E-state index in [1.165, 1.54) is 30.2 Å². The fraction of sp³-hybridized carbons (Fsp3) is 0.308. The molecule has 1 heterocycles. The maximum absolute atomic E-state index is 11.9. The molecule has 0 aliphatic carbocycles. The topological polar surface area (TPSA) is 98.9 Å². The Bertz CT molecular complexity index is 604. The normalized spacial score (nSPS) is 16.7. The molecule has 0 radical (unpaired) electrons. The van der Waals surface area contributed by atoms with Crippen LogP contribution in [-0.2, 0) is 14.3 Å². The summed E-state index contributed by atoms with van der Waals surface area (Å²) >= 11 is 5.56. The second kappa shape index (κ2) is 6.01. The lowest BCUT2D eigenvalue weighted by molar-refractivity contribution is -0.125. The molecule has 21 heavy (non-hydrogen) atoms. The zero-order valence-corrected chi connectivity index (χ0v) is 11.9. The molecule has 0 saturated heterocycles. The number of carbonyl (C=O) groups is 3. The highest BCUT2D eigenvalue weighted by Crippen LogP contribution is 2.34. The number of carbonyl (C=O) groups excluding carboxylic acids is 3. The minimum Gasteiger partial charge on any atom is -0.476 e. The first-order chi connectivity index (χ1) is 9.97. The van der Waals surface area contributed by atoms with Crippen molar-refractivity contribution in [1.82, 2.24) is 0 Å². The van der Waals surface area contributed by atoms with Crippen molar-refractivity contribution in [2.24, 2.45) is 5.73 Å². The number of methoxy groups -OCH3 is 1. The molecular weight excluding hydrogens is 300 g/mol. The van der Waals surface area contributed by atoms with E-state index in [1.54, 1.807) is 0 Å². The zero-order chi connectivity index (χ0) is 15.6. The molecule has 1 aromatic carbocycles. The summed E-state index contributed by atoms with van der Waals surface area (Å²) < 4.78 is 10.0. The molecule has 112 valence electrons. The largest absolute Gasteiger partial charge is 0.476 e. The van der Waals surface area contributed by atoms with Crippen molar-refractivity contribution in [3.05, 3.63) is 23.8 Å². The Labute approximate surface area is 125 Å². The second-order valence-electron chi connectivity index (χ2n) is 4.32. The number of esters is 1. The van der Waals surface area contributed by atoms with Crippen molar-refractivity contribution in [3.8, 4) is 5.75 Å². The predicted octanol–water partition coefficient (Wildman–Crippen LogP) is 0.291. The van der Waals surface area contributed by atoms with Crippen molar-refractivity contribution < 1.29 is 23.9 Å². The smallest absolute Gasteiger partial charge is 0.337 e. The van der Waals surface area contributed by atoms with Gasteiger partial charge in [-0.2, -0.15) is 0 Å². The minimum absolute atomic E-state index is 0.0224. The number of hydrogen-bond acceptors (Lipinski definition) is 5. The van der Waals surface area contributed by atoms with Crippen LogP contribution < -0.4 is 15.4 Å². The second-order valence-corrected chi connectivity index (χ2v) is 4.59. The summed E-state index contributed by atoms with van der Waals surface area (Å²) in [6.07, 6.45) is -1.00. The summed E-state index contributed by atoms with van der Waals surface area (Å²) in [5.74, 6) is -1.71. The van der Waals surface area contributed by atoms with Crippen LogP contribution in [0.1, 0.15) is 10.4 Å². The van der Waals surface area contributed by atoms with Gasteiger partial charge in [-0.1, -0.05) is 0 Å². The fourth-order valence-corrected chi connectivity index (χ4v) is 2.13. The molecule has 0 bridgehead atoms. The van der Waals surface area contributed by atoms with E-state index in [0.717, 1.165) is 0 Å². The SMILES string of the molecule is COC(=O)c1ccc2c(c1)OC(C(N)=O)CN2C(=O)CCl. The van der Waals surface area contributed by atoms with Crippen LogP contribution in [0.2, 0.25) is 0 Å². The highest BCUT2D eigenvalue weighted by atomic mass is 35.5. The standard InChI is InChI=1S/C13H13ClN2O5/c1-20-13(19)7-2-3-8-9(4-7)21-10(12(15)18)6-16(8)11(17)5-14/h2-4,10H,5-6H2,1H3,(H2,15,18). The molecule has 0 fully saturated rings. The molecule has 2 N–H and O–H groups in total. The van der Waals surface area contributed by atoms with Gasteiger partial charge < -0.3 is 20.1 Å². The van der Waals surface area contributed by atoms with Gasteiger partial charge in [-0.05, 0) is 18.2 Å². The quantitative estimate of drug-likeness (QED) is 0.639. The van der Waals surface area contributed by atoms with E-state index in [-0.39, 0.29) is 23.7 Å². The Morgan fingerprint density at radius 3 is 2.76 bits per heavy atom. The van der Waals surface area contributed by atoms with Crippen molar-refractivity contribution in [3.63, 3.8) is 0 Å². The number of fused-ring (bicyclic) bond motifs is 1. The number of ether oxygens (including phenoxy) is 2. The van der Waals surface area contributed by atoms with E-state index >= 15 is 0 Å². The molecule has 1 unspecified atom stereocenters.